The van der Waals surface area contributed by atoms with Gasteiger partial charge in [0.25, 0.3) is 0 Å². The van der Waals surface area contributed by atoms with Crippen LogP contribution in [0.2, 0.25) is 0 Å². The van der Waals surface area contributed by atoms with E-state index in [4.69, 9.17) is 9.47 Å². The largest absolute Gasteiger partial charge is 0.506 e. The smallest absolute Gasteiger partial charge is 0.231 e. The molecule has 1 aromatic carbocycles. The first-order valence-electron chi connectivity index (χ1n) is 4.45. The van der Waals surface area contributed by atoms with Crippen LogP contribution in [0.3, 0.4) is 0 Å². The van der Waals surface area contributed by atoms with Crippen LogP contribution in [0.5, 0.6) is 17.2 Å². The van der Waals surface area contributed by atoms with Crippen molar-refractivity contribution in [2.75, 3.05) is 6.79 Å². The molecule has 0 fully saturated rings. The molecule has 0 atom stereocenters. The molecule has 1 aromatic rings. The van der Waals surface area contributed by atoms with Gasteiger partial charge in [-0.05, 0) is 35.8 Å². The number of halogens is 1. The first-order valence-corrected chi connectivity index (χ1v) is 5.24. The maximum Gasteiger partial charge on any atom is 0.231 e. The summed E-state index contributed by atoms with van der Waals surface area (Å²) in [6.07, 6.45) is 0. The van der Waals surface area contributed by atoms with Crippen LogP contribution < -0.4 is 9.47 Å². The van der Waals surface area contributed by atoms with E-state index in [1.54, 1.807) is 19.9 Å². The average Bonchev–Trinajstić information content (AvgIpc) is 2.57. The number of benzene rings is 1. The van der Waals surface area contributed by atoms with Crippen molar-refractivity contribution in [3.05, 3.63) is 16.1 Å². The third-order valence-electron chi connectivity index (χ3n) is 2.24. The lowest BCUT2D eigenvalue weighted by Gasteiger charge is -2.20. The zero-order chi connectivity index (χ0) is 11.2. The number of rotatable bonds is 1. The van der Waals surface area contributed by atoms with Crippen molar-refractivity contribution < 1.29 is 19.7 Å². The van der Waals surface area contributed by atoms with Crippen molar-refractivity contribution in [3.63, 3.8) is 0 Å². The fourth-order valence-electron chi connectivity index (χ4n) is 1.46. The van der Waals surface area contributed by atoms with Crippen LogP contribution in [-0.4, -0.2) is 17.0 Å². The molecule has 15 heavy (non-hydrogen) atoms. The molecule has 0 amide bonds. The van der Waals surface area contributed by atoms with Gasteiger partial charge in [-0.2, -0.15) is 0 Å². The highest BCUT2D eigenvalue weighted by molar-refractivity contribution is 9.10. The third kappa shape index (κ3) is 1.66. The number of aromatic hydroxyl groups is 1. The Morgan fingerprint density at radius 3 is 2.67 bits per heavy atom. The summed E-state index contributed by atoms with van der Waals surface area (Å²) >= 11 is 3.21. The van der Waals surface area contributed by atoms with Crippen LogP contribution in [0.25, 0.3) is 0 Å². The van der Waals surface area contributed by atoms with Crippen molar-refractivity contribution >= 4 is 15.9 Å². The standard InChI is InChI=1S/C10H11BrO4/c1-10(2,13)5-3-6-9(15-4-14-6)7(11)8(5)12/h3,12-13H,4H2,1-2H3. The first kappa shape index (κ1) is 10.6. The second kappa shape index (κ2) is 3.28. The highest BCUT2D eigenvalue weighted by atomic mass is 79.9. The Balaban J connectivity index is 2.64. The molecule has 0 radical (unpaired) electrons. The molecule has 2 N–H and O–H groups in total. The van der Waals surface area contributed by atoms with Crippen molar-refractivity contribution in [3.8, 4) is 17.2 Å². The summed E-state index contributed by atoms with van der Waals surface area (Å²) < 4.78 is 10.8. The predicted molar refractivity (Wildman–Crippen MR) is 57.2 cm³/mol. The van der Waals surface area contributed by atoms with Crippen LogP contribution in [0, 0.1) is 0 Å². The SMILES string of the molecule is CC(C)(O)c1cc2c(c(Br)c1O)OCO2. The van der Waals surface area contributed by atoms with E-state index in [1.165, 1.54) is 0 Å². The average molecular weight is 275 g/mol. The molecule has 1 aliphatic rings. The van der Waals surface area contributed by atoms with Crippen molar-refractivity contribution in [1.29, 1.82) is 0 Å². The molecular formula is C10H11BrO4. The highest BCUT2D eigenvalue weighted by Gasteiger charge is 2.29. The molecule has 2 rings (SSSR count). The van der Waals surface area contributed by atoms with Crippen LogP contribution in [0.15, 0.2) is 10.5 Å². The molecule has 1 heterocycles. The Labute approximate surface area is 95.6 Å². The molecule has 0 saturated carbocycles. The molecule has 0 spiro atoms. The van der Waals surface area contributed by atoms with Gasteiger partial charge < -0.3 is 19.7 Å². The van der Waals surface area contributed by atoms with Gasteiger partial charge in [0.1, 0.15) is 10.2 Å². The Morgan fingerprint density at radius 1 is 1.40 bits per heavy atom. The van der Waals surface area contributed by atoms with E-state index in [0.717, 1.165) is 0 Å². The van der Waals surface area contributed by atoms with E-state index < -0.39 is 5.60 Å². The lowest BCUT2D eigenvalue weighted by atomic mass is 9.97. The Morgan fingerprint density at radius 2 is 2.07 bits per heavy atom. The highest BCUT2D eigenvalue weighted by Crippen LogP contribution is 2.48. The van der Waals surface area contributed by atoms with Crippen LogP contribution >= 0.6 is 15.9 Å². The van der Waals surface area contributed by atoms with Gasteiger partial charge in [-0.15, -0.1) is 0 Å². The predicted octanol–water partition coefficient (Wildman–Crippen LogP) is 2.11. The number of hydrogen-bond acceptors (Lipinski definition) is 4. The Hall–Kier alpha value is -0.940. The summed E-state index contributed by atoms with van der Waals surface area (Å²) in [5, 5.41) is 19.7. The number of phenols is 1. The van der Waals surface area contributed by atoms with Gasteiger partial charge in [-0.1, -0.05) is 0 Å². The molecule has 1 aliphatic heterocycles. The van der Waals surface area contributed by atoms with Crippen molar-refractivity contribution in [2.24, 2.45) is 0 Å². The number of fused-ring (bicyclic) bond motifs is 1. The second-order valence-corrected chi connectivity index (χ2v) is 4.67. The fourth-order valence-corrected chi connectivity index (χ4v) is 1.98. The number of phenolic OH excluding ortho intramolecular Hbond substituents is 1. The van der Waals surface area contributed by atoms with Gasteiger partial charge in [0.05, 0.1) is 5.60 Å². The Bertz CT molecular complexity index is 409. The third-order valence-corrected chi connectivity index (χ3v) is 2.97. The quantitative estimate of drug-likeness (QED) is 0.824. The number of aliphatic hydroxyl groups is 1. The van der Waals surface area contributed by atoms with Gasteiger partial charge in [0.15, 0.2) is 11.5 Å². The summed E-state index contributed by atoms with van der Waals surface area (Å²) in [4.78, 5) is 0. The summed E-state index contributed by atoms with van der Waals surface area (Å²) in [5.41, 5.74) is -0.730. The van der Waals surface area contributed by atoms with Crippen LogP contribution in [0.1, 0.15) is 19.4 Å². The molecule has 0 unspecified atom stereocenters. The number of ether oxygens (including phenoxy) is 2. The monoisotopic (exact) mass is 274 g/mol. The normalized spacial score (nSPS) is 14.4. The number of hydrogen-bond donors (Lipinski definition) is 2. The van der Waals surface area contributed by atoms with E-state index >= 15 is 0 Å². The molecular weight excluding hydrogens is 264 g/mol. The maximum atomic E-state index is 9.85. The second-order valence-electron chi connectivity index (χ2n) is 3.88. The van der Waals surface area contributed by atoms with E-state index in [9.17, 15) is 10.2 Å². The summed E-state index contributed by atoms with van der Waals surface area (Å²) in [7, 11) is 0. The minimum atomic E-state index is -1.13. The molecule has 0 bridgehead atoms. The van der Waals surface area contributed by atoms with Gasteiger partial charge in [-0.25, -0.2) is 0 Å². The molecule has 4 nitrogen and oxygen atoms in total. The minimum absolute atomic E-state index is 0.0215. The zero-order valence-corrected chi connectivity index (χ0v) is 9.96. The van der Waals surface area contributed by atoms with Gasteiger partial charge >= 0.3 is 0 Å². The van der Waals surface area contributed by atoms with Crippen LogP contribution in [0.4, 0.5) is 0 Å². The van der Waals surface area contributed by atoms with Gasteiger partial charge in [0, 0.05) is 5.56 Å². The first-order chi connectivity index (χ1) is 6.91. The van der Waals surface area contributed by atoms with E-state index in [-0.39, 0.29) is 12.5 Å². The zero-order valence-electron chi connectivity index (χ0n) is 8.37. The van der Waals surface area contributed by atoms with Gasteiger partial charge in [0.2, 0.25) is 6.79 Å². The summed E-state index contributed by atoms with van der Waals surface area (Å²) in [6, 6.07) is 1.59. The molecule has 0 aromatic heterocycles. The molecule has 0 saturated heterocycles. The summed E-state index contributed by atoms with van der Waals surface area (Å²) in [6.45, 7) is 3.32. The van der Waals surface area contributed by atoms with E-state index in [2.05, 4.69) is 15.9 Å². The lowest BCUT2D eigenvalue weighted by Crippen LogP contribution is -2.15. The van der Waals surface area contributed by atoms with E-state index in [1.807, 2.05) is 0 Å². The molecule has 0 aliphatic carbocycles. The topological polar surface area (TPSA) is 58.9 Å². The molecule has 82 valence electrons. The Kier molecular flexibility index (Phi) is 2.31. The maximum absolute atomic E-state index is 9.85. The van der Waals surface area contributed by atoms with E-state index in [0.29, 0.717) is 21.5 Å². The summed E-state index contributed by atoms with van der Waals surface area (Å²) in [5.74, 6) is 0.976. The fraction of sp³-hybridized carbons (Fsp3) is 0.400. The van der Waals surface area contributed by atoms with Gasteiger partial charge in [-0.3, -0.25) is 0 Å². The van der Waals surface area contributed by atoms with Crippen molar-refractivity contribution in [2.45, 2.75) is 19.4 Å². The minimum Gasteiger partial charge on any atom is -0.506 e. The van der Waals surface area contributed by atoms with Crippen LogP contribution in [-0.2, 0) is 5.60 Å². The molecule has 5 heteroatoms. The van der Waals surface area contributed by atoms with Crippen molar-refractivity contribution in [1.82, 2.24) is 0 Å². The lowest BCUT2D eigenvalue weighted by molar-refractivity contribution is 0.0754.